The van der Waals surface area contributed by atoms with Crippen molar-refractivity contribution >= 4 is 0 Å². The first-order valence-electron chi connectivity index (χ1n) is 5.11. The predicted molar refractivity (Wildman–Crippen MR) is 61.6 cm³/mol. The minimum atomic E-state index is 0.370. The van der Waals surface area contributed by atoms with Crippen LogP contribution >= 0.6 is 0 Å². The third-order valence-corrected chi connectivity index (χ3v) is 0.667. The molecule has 0 heterocycles. The van der Waals surface area contributed by atoms with Crippen LogP contribution in [0.4, 0.5) is 0 Å². The molecule has 0 aromatic rings. The van der Waals surface area contributed by atoms with Gasteiger partial charge in [-0.1, -0.05) is 67.0 Å². The van der Waals surface area contributed by atoms with Gasteiger partial charge in [0.25, 0.3) is 0 Å². The Morgan fingerprint density at radius 3 is 1.25 bits per heavy atom. The van der Waals surface area contributed by atoms with Gasteiger partial charge in [-0.3, -0.25) is 0 Å². The lowest BCUT2D eigenvalue weighted by molar-refractivity contribution is 0.543. The third-order valence-electron chi connectivity index (χ3n) is 0.667. The lowest BCUT2D eigenvalue weighted by atomic mass is 9.97. The molecule has 0 aliphatic rings. The van der Waals surface area contributed by atoms with Crippen molar-refractivity contribution in [1.82, 2.24) is 0 Å². The van der Waals surface area contributed by atoms with Gasteiger partial charge in [-0.25, -0.2) is 0 Å². The summed E-state index contributed by atoms with van der Waals surface area (Å²) in [5, 5.41) is 0. The van der Waals surface area contributed by atoms with E-state index in [0.29, 0.717) is 5.41 Å². The van der Waals surface area contributed by atoms with Gasteiger partial charge in [-0.15, -0.1) is 0 Å². The molecule has 0 spiro atoms. The maximum Gasteiger partial charge on any atom is -0.0203 e. The first-order valence-corrected chi connectivity index (χ1v) is 5.11. The molecule has 0 saturated heterocycles. The molecule has 0 heteroatoms. The minimum absolute atomic E-state index is 0.370. The second-order valence-corrected chi connectivity index (χ2v) is 3.57. The van der Waals surface area contributed by atoms with Crippen LogP contribution in [0, 0.1) is 5.41 Å². The number of hydrogen-bond acceptors (Lipinski definition) is 0. The molecule has 0 unspecified atom stereocenters. The van der Waals surface area contributed by atoms with Crippen LogP contribution in [0.5, 0.6) is 0 Å². The molecule has 0 aromatic heterocycles. The third kappa shape index (κ3) is 53.2. The van der Waals surface area contributed by atoms with E-state index >= 15 is 0 Å². The Kier molecular flexibility index (Phi) is 19.7. The second kappa shape index (κ2) is 13.3. The molecule has 0 amide bonds. The topological polar surface area (TPSA) is 0 Å². The van der Waals surface area contributed by atoms with Crippen LogP contribution in [0.1, 0.15) is 61.8 Å². The van der Waals surface area contributed by atoms with E-state index in [9.17, 15) is 0 Å². The van der Waals surface area contributed by atoms with Crippen LogP contribution in [0.2, 0.25) is 0 Å². The van der Waals surface area contributed by atoms with Crippen molar-refractivity contribution in [3.8, 4) is 0 Å². The van der Waals surface area contributed by atoms with Crippen molar-refractivity contribution < 1.29 is 0 Å². The van der Waals surface area contributed by atoms with Crippen LogP contribution in [-0.2, 0) is 0 Å². The average molecular weight is 172 g/mol. The van der Waals surface area contributed by atoms with Crippen molar-refractivity contribution in [2.24, 2.45) is 5.41 Å². The number of hydrogen-bond donors (Lipinski definition) is 0. The summed E-state index contributed by atoms with van der Waals surface area (Å²) in [5.74, 6) is 0. The molecule has 76 valence electrons. The van der Waals surface area contributed by atoms with E-state index in [1.54, 1.807) is 0 Å². The molecule has 0 aliphatic heterocycles. The van der Waals surface area contributed by atoms with E-state index in [4.69, 9.17) is 0 Å². The number of rotatable bonds is 0. The fourth-order valence-corrected chi connectivity index (χ4v) is 0.500. The Labute approximate surface area is 80.1 Å². The Morgan fingerprint density at radius 2 is 1.25 bits per heavy atom. The monoisotopic (exact) mass is 172 g/mol. The molecule has 12 heavy (non-hydrogen) atoms. The molecule has 0 radical (unpaired) electrons. The quantitative estimate of drug-likeness (QED) is 0.448. The molecular weight excluding hydrogens is 144 g/mol. The molecule has 0 N–H and O–H groups in total. The fraction of sp³-hybridized carbons (Fsp3) is 0.833. The summed E-state index contributed by atoms with van der Waals surface area (Å²) in [4.78, 5) is 0. The van der Waals surface area contributed by atoms with Crippen molar-refractivity contribution in [2.75, 3.05) is 0 Å². The van der Waals surface area contributed by atoms with Gasteiger partial charge in [0.1, 0.15) is 0 Å². The molecule has 0 atom stereocenters. The first-order chi connectivity index (χ1) is 5.47. The maximum absolute atomic E-state index is 2.19. The molecule has 0 bridgehead atoms. The highest BCUT2D eigenvalue weighted by atomic mass is 14.1. The Morgan fingerprint density at radius 1 is 1.00 bits per heavy atom. The Bertz CT molecular complexity index is 72.5. The van der Waals surface area contributed by atoms with Crippen molar-refractivity contribution in [1.29, 1.82) is 0 Å². The van der Waals surface area contributed by atoms with Crippen molar-refractivity contribution in [2.45, 2.75) is 61.8 Å². The highest BCUT2D eigenvalue weighted by Crippen LogP contribution is 2.13. The lowest BCUT2D eigenvalue weighted by Gasteiger charge is -2.09. The minimum Gasteiger partial charge on any atom is -0.0911 e. The smallest absolute Gasteiger partial charge is 0.0203 e. The molecular formula is C12H28. The van der Waals surface area contributed by atoms with E-state index in [1.165, 1.54) is 6.42 Å². The summed E-state index contributed by atoms with van der Waals surface area (Å²) in [6.07, 6.45) is 5.52. The van der Waals surface area contributed by atoms with E-state index < -0.39 is 0 Å². The predicted octanol–water partition coefficient (Wildman–Crippen LogP) is 5.05. The standard InChI is InChI=1S/C7H14.C3H8.C2H6/c1-5-6-7(2,3)4;1-3-2;1-2/h5-6H,1-4H3;3H2,1-2H3;1-2H3. The summed E-state index contributed by atoms with van der Waals surface area (Å²) >= 11 is 0. The van der Waals surface area contributed by atoms with E-state index in [1.807, 2.05) is 20.8 Å². The molecule has 0 fully saturated rings. The van der Waals surface area contributed by atoms with E-state index in [-0.39, 0.29) is 0 Å². The zero-order valence-electron chi connectivity index (χ0n) is 10.4. The van der Waals surface area contributed by atoms with Gasteiger partial charge in [0.05, 0.1) is 0 Å². The molecule has 0 nitrogen and oxygen atoms in total. The summed E-state index contributed by atoms with van der Waals surface area (Å²) in [7, 11) is 0. The fourth-order valence-electron chi connectivity index (χ4n) is 0.500. The average Bonchev–Trinajstić information content (AvgIpc) is 1.91. The van der Waals surface area contributed by atoms with Gasteiger partial charge in [0.15, 0.2) is 0 Å². The molecule has 0 aliphatic carbocycles. The summed E-state index contributed by atoms with van der Waals surface area (Å²) < 4.78 is 0. The van der Waals surface area contributed by atoms with Gasteiger partial charge in [-0.05, 0) is 12.3 Å². The highest BCUT2D eigenvalue weighted by molar-refractivity contribution is 4.88. The van der Waals surface area contributed by atoms with E-state index in [0.717, 1.165) is 0 Å². The zero-order chi connectivity index (χ0) is 10.6. The van der Waals surface area contributed by atoms with Crippen LogP contribution in [0.3, 0.4) is 0 Å². The van der Waals surface area contributed by atoms with Gasteiger partial charge in [-0.2, -0.15) is 0 Å². The van der Waals surface area contributed by atoms with Crippen LogP contribution in [0.15, 0.2) is 12.2 Å². The Hall–Kier alpha value is -0.260. The maximum atomic E-state index is 2.19. The largest absolute Gasteiger partial charge is 0.0911 e. The van der Waals surface area contributed by atoms with Crippen LogP contribution in [0.25, 0.3) is 0 Å². The summed E-state index contributed by atoms with van der Waals surface area (Å²) in [6.45, 7) is 16.9. The molecule has 0 aromatic carbocycles. The first kappa shape index (κ1) is 17.7. The van der Waals surface area contributed by atoms with Gasteiger partial charge in [0.2, 0.25) is 0 Å². The number of allylic oxidation sites excluding steroid dienone is 2. The molecule has 0 saturated carbocycles. The SMILES string of the molecule is CC.CC=CC(C)(C)C.CCC. The Balaban J connectivity index is -0.000000137. The summed E-state index contributed by atoms with van der Waals surface area (Å²) in [6, 6.07) is 0. The van der Waals surface area contributed by atoms with Crippen LogP contribution < -0.4 is 0 Å². The normalized spacial score (nSPS) is 9.67. The van der Waals surface area contributed by atoms with E-state index in [2.05, 4.69) is 46.8 Å². The van der Waals surface area contributed by atoms with Gasteiger partial charge < -0.3 is 0 Å². The lowest BCUT2D eigenvalue weighted by Crippen LogP contribution is -1.97. The van der Waals surface area contributed by atoms with Gasteiger partial charge in [0, 0.05) is 0 Å². The second-order valence-electron chi connectivity index (χ2n) is 3.57. The van der Waals surface area contributed by atoms with Crippen molar-refractivity contribution in [3.63, 3.8) is 0 Å². The van der Waals surface area contributed by atoms with Crippen LogP contribution in [-0.4, -0.2) is 0 Å². The molecule has 0 rings (SSSR count). The highest BCUT2D eigenvalue weighted by Gasteiger charge is 2.00. The zero-order valence-corrected chi connectivity index (χ0v) is 10.4. The van der Waals surface area contributed by atoms with Crippen molar-refractivity contribution in [3.05, 3.63) is 12.2 Å². The summed E-state index contributed by atoms with van der Waals surface area (Å²) in [5.41, 5.74) is 0.370. The van der Waals surface area contributed by atoms with Gasteiger partial charge >= 0.3 is 0 Å².